The summed E-state index contributed by atoms with van der Waals surface area (Å²) < 4.78 is 2.12. The van der Waals surface area contributed by atoms with Gasteiger partial charge in [-0.05, 0) is 48.9 Å². The van der Waals surface area contributed by atoms with Crippen LogP contribution in [-0.2, 0) is 6.54 Å². The van der Waals surface area contributed by atoms with E-state index in [1.807, 2.05) is 35.7 Å². The molecule has 28 heavy (non-hydrogen) atoms. The summed E-state index contributed by atoms with van der Waals surface area (Å²) in [4.78, 5) is 14.6. The standard InChI is InChI=1S/C23H26N2O2S/c26-19(16-24-12-4-1-5-13-24)17-25-15-18(20-7-2-3-8-21(20)25)10-11-22(27)23-9-6-14-28-23/h2-3,6-11,14-15,19,26H,1,4-5,12-13,16-17H2/p+1. The van der Waals surface area contributed by atoms with Gasteiger partial charge >= 0.3 is 0 Å². The molecule has 2 aromatic heterocycles. The van der Waals surface area contributed by atoms with E-state index in [1.165, 1.54) is 48.6 Å². The molecule has 0 bridgehead atoms. The lowest BCUT2D eigenvalue weighted by atomic mass is 10.1. The first kappa shape index (κ1) is 19.1. The second-order valence-electron chi connectivity index (χ2n) is 7.60. The summed E-state index contributed by atoms with van der Waals surface area (Å²) in [7, 11) is 0. The summed E-state index contributed by atoms with van der Waals surface area (Å²) in [6.07, 6.45) is 9.08. The molecule has 3 heterocycles. The number of aliphatic hydroxyl groups excluding tert-OH is 1. The number of quaternary nitrogens is 1. The van der Waals surface area contributed by atoms with Crippen molar-refractivity contribution in [2.24, 2.45) is 0 Å². The predicted octanol–water partition coefficient (Wildman–Crippen LogP) is 3.03. The molecule has 0 saturated carbocycles. The minimum atomic E-state index is -0.367. The van der Waals surface area contributed by atoms with Crippen LogP contribution in [-0.4, -0.2) is 41.2 Å². The zero-order valence-corrected chi connectivity index (χ0v) is 16.8. The first-order chi connectivity index (χ1) is 13.7. The molecule has 1 saturated heterocycles. The predicted molar refractivity (Wildman–Crippen MR) is 115 cm³/mol. The fraction of sp³-hybridized carbons (Fsp3) is 0.348. The van der Waals surface area contributed by atoms with Crippen LogP contribution < -0.4 is 4.90 Å². The summed E-state index contributed by atoms with van der Waals surface area (Å²) in [5.41, 5.74) is 2.11. The highest BCUT2D eigenvalue weighted by atomic mass is 32.1. The molecular weight excluding hydrogens is 368 g/mol. The Bertz CT molecular complexity index is 952. The zero-order chi connectivity index (χ0) is 19.3. The average molecular weight is 396 g/mol. The van der Waals surface area contributed by atoms with Crippen LogP contribution in [0.4, 0.5) is 0 Å². The van der Waals surface area contributed by atoms with Crippen molar-refractivity contribution in [1.82, 2.24) is 4.57 Å². The van der Waals surface area contributed by atoms with Crippen LogP contribution in [0.3, 0.4) is 0 Å². The SMILES string of the molecule is O=C(C=Cc1cn(CC(O)C[NH+]2CCCCC2)c2ccccc12)c1cccs1. The smallest absolute Gasteiger partial charge is 0.195 e. The van der Waals surface area contributed by atoms with Crippen molar-refractivity contribution in [2.75, 3.05) is 19.6 Å². The van der Waals surface area contributed by atoms with Crippen molar-refractivity contribution in [3.05, 3.63) is 64.5 Å². The van der Waals surface area contributed by atoms with Crippen LogP contribution in [0.1, 0.15) is 34.5 Å². The summed E-state index contributed by atoms with van der Waals surface area (Å²) in [5.74, 6) is 0.0283. The molecule has 5 heteroatoms. The Kier molecular flexibility index (Phi) is 6.05. The normalized spacial score (nSPS) is 16.8. The summed E-state index contributed by atoms with van der Waals surface area (Å²) in [5, 5.41) is 13.7. The third kappa shape index (κ3) is 4.43. The molecule has 1 aliphatic rings. The highest BCUT2D eigenvalue weighted by molar-refractivity contribution is 7.12. The summed E-state index contributed by atoms with van der Waals surface area (Å²) in [6, 6.07) is 11.9. The van der Waals surface area contributed by atoms with Crippen LogP contribution in [0.15, 0.2) is 54.1 Å². The number of carbonyl (C=O) groups excluding carboxylic acids is 1. The fourth-order valence-electron chi connectivity index (χ4n) is 4.11. The number of ketones is 1. The van der Waals surface area contributed by atoms with Gasteiger partial charge in [0, 0.05) is 22.7 Å². The molecular formula is C23H27N2O2S+. The number of nitrogens with one attached hydrogen (secondary N) is 1. The molecule has 1 aliphatic heterocycles. The maximum absolute atomic E-state index is 12.3. The number of nitrogens with zero attached hydrogens (tertiary/aromatic N) is 1. The van der Waals surface area contributed by atoms with Crippen molar-refractivity contribution >= 4 is 34.1 Å². The van der Waals surface area contributed by atoms with Crippen molar-refractivity contribution in [3.8, 4) is 0 Å². The van der Waals surface area contributed by atoms with E-state index in [1.54, 1.807) is 6.08 Å². The van der Waals surface area contributed by atoms with Crippen molar-refractivity contribution in [3.63, 3.8) is 0 Å². The van der Waals surface area contributed by atoms with Gasteiger partial charge in [-0.2, -0.15) is 0 Å². The van der Waals surface area contributed by atoms with Crippen LogP contribution >= 0.6 is 11.3 Å². The molecule has 4 nitrogen and oxygen atoms in total. The van der Waals surface area contributed by atoms with Crippen molar-refractivity contribution < 1.29 is 14.8 Å². The van der Waals surface area contributed by atoms with Gasteiger partial charge < -0.3 is 14.6 Å². The van der Waals surface area contributed by atoms with Gasteiger partial charge in [-0.1, -0.05) is 24.3 Å². The van der Waals surface area contributed by atoms with Gasteiger partial charge in [-0.15, -0.1) is 11.3 Å². The molecule has 1 atom stereocenters. The first-order valence-electron chi connectivity index (χ1n) is 10.1. The quantitative estimate of drug-likeness (QED) is 0.477. The number of hydrogen-bond acceptors (Lipinski definition) is 3. The maximum atomic E-state index is 12.3. The van der Waals surface area contributed by atoms with Gasteiger partial charge in [0.2, 0.25) is 0 Å². The molecule has 1 aromatic carbocycles. The molecule has 0 spiro atoms. The number of aromatic nitrogens is 1. The van der Waals surface area contributed by atoms with Gasteiger partial charge in [-0.3, -0.25) is 4.79 Å². The summed E-state index contributed by atoms with van der Waals surface area (Å²) >= 11 is 1.46. The number of hydrogen-bond donors (Lipinski definition) is 2. The topological polar surface area (TPSA) is 46.7 Å². The number of likely N-dealkylation sites (tertiary alicyclic amines) is 1. The lowest BCUT2D eigenvalue weighted by molar-refractivity contribution is -0.908. The van der Waals surface area contributed by atoms with E-state index in [4.69, 9.17) is 0 Å². The Morgan fingerprint density at radius 1 is 1.18 bits per heavy atom. The lowest BCUT2D eigenvalue weighted by Crippen LogP contribution is -3.13. The number of thiophene rings is 1. The highest BCUT2D eigenvalue weighted by Crippen LogP contribution is 2.23. The molecule has 1 unspecified atom stereocenters. The van der Waals surface area contributed by atoms with Gasteiger partial charge in [0.1, 0.15) is 12.6 Å². The number of benzene rings is 1. The van der Waals surface area contributed by atoms with Gasteiger partial charge in [0.15, 0.2) is 5.78 Å². The Labute approximate surface area is 169 Å². The molecule has 0 amide bonds. The van der Waals surface area contributed by atoms with E-state index in [-0.39, 0.29) is 11.9 Å². The number of carbonyl (C=O) groups is 1. The van der Waals surface area contributed by atoms with Crippen molar-refractivity contribution in [2.45, 2.75) is 31.9 Å². The largest absolute Gasteiger partial charge is 0.385 e. The van der Waals surface area contributed by atoms with E-state index in [2.05, 4.69) is 22.9 Å². The van der Waals surface area contributed by atoms with Crippen LogP contribution in [0.25, 0.3) is 17.0 Å². The molecule has 0 radical (unpaired) electrons. The van der Waals surface area contributed by atoms with E-state index in [9.17, 15) is 9.90 Å². The Hall–Kier alpha value is -2.21. The Morgan fingerprint density at radius 2 is 2.00 bits per heavy atom. The number of fused-ring (bicyclic) bond motifs is 1. The first-order valence-corrected chi connectivity index (χ1v) is 10.9. The third-order valence-electron chi connectivity index (χ3n) is 5.49. The van der Waals surface area contributed by atoms with E-state index < -0.39 is 0 Å². The fourth-order valence-corrected chi connectivity index (χ4v) is 4.75. The van der Waals surface area contributed by atoms with Gasteiger partial charge in [0.05, 0.1) is 24.5 Å². The van der Waals surface area contributed by atoms with Gasteiger partial charge in [-0.25, -0.2) is 0 Å². The minimum Gasteiger partial charge on any atom is -0.385 e. The number of rotatable bonds is 7. The molecule has 3 aromatic rings. The number of para-hydroxylation sites is 1. The molecule has 0 aliphatic carbocycles. The lowest BCUT2D eigenvalue weighted by Gasteiger charge is -2.25. The Balaban J connectivity index is 1.51. The second-order valence-corrected chi connectivity index (χ2v) is 8.55. The zero-order valence-electron chi connectivity index (χ0n) is 16.0. The Morgan fingerprint density at radius 3 is 2.79 bits per heavy atom. The van der Waals surface area contributed by atoms with Crippen LogP contribution in [0.2, 0.25) is 0 Å². The van der Waals surface area contributed by atoms with E-state index in [0.717, 1.165) is 27.9 Å². The van der Waals surface area contributed by atoms with Gasteiger partial charge in [0.25, 0.3) is 0 Å². The van der Waals surface area contributed by atoms with E-state index >= 15 is 0 Å². The molecule has 2 N–H and O–H groups in total. The summed E-state index contributed by atoms with van der Waals surface area (Å²) in [6.45, 7) is 3.72. The van der Waals surface area contributed by atoms with Crippen LogP contribution in [0.5, 0.6) is 0 Å². The maximum Gasteiger partial charge on any atom is 0.195 e. The highest BCUT2D eigenvalue weighted by Gasteiger charge is 2.19. The van der Waals surface area contributed by atoms with Crippen LogP contribution in [0, 0.1) is 0 Å². The number of allylic oxidation sites excluding steroid dienone is 1. The average Bonchev–Trinajstić information content (AvgIpc) is 3.36. The molecule has 4 rings (SSSR count). The van der Waals surface area contributed by atoms with E-state index in [0.29, 0.717) is 6.54 Å². The molecule has 1 fully saturated rings. The minimum absolute atomic E-state index is 0.0283. The molecule has 146 valence electrons. The van der Waals surface area contributed by atoms with Crippen molar-refractivity contribution in [1.29, 1.82) is 0 Å². The second kappa shape index (κ2) is 8.86. The number of aliphatic hydroxyl groups is 1. The third-order valence-corrected chi connectivity index (χ3v) is 6.37. The monoisotopic (exact) mass is 395 g/mol. The number of piperidine rings is 1.